The fraction of sp³-hybridized carbons (Fsp3) is 0.100. The Balaban J connectivity index is 1.75. The molecule has 3 aromatic rings. The highest BCUT2D eigenvalue weighted by molar-refractivity contribution is 6.03. The summed E-state index contributed by atoms with van der Waals surface area (Å²) >= 11 is 0. The van der Waals surface area contributed by atoms with Crippen molar-refractivity contribution in [2.75, 3.05) is 17.7 Å². The maximum Gasteiger partial charge on any atom is 0.337 e. The molecule has 0 unspecified atom stereocenters. The Morgan fingerprint density at radius 2 is 1.78 bits per heavy atom. The van der Waals surface area contributed by atoms with Crippen LogP contribution in [0.3, 0.4) is 0 Å². The molecule has 2 aromatic carbocycles. The number of ether oxygens (including phenoxy) is 1. The van der Waals surface area contributed by atoms with E-state index in [-0.39, 0.29) is 5.69 Å². The minimum atomic E-state index is -0.474. The van der Waals surface area contributed by atoms with Crippen molar-refractivity contribution >= 4 is 29.2 Å². The molecule has 0 radical (unpaired) electrons. The fourth-order valence-corrected chi connectivity index (χ4v) is 2.43. The summed E-state index contributed by atoms with van der Waals surface area (Å²) in [5, 5.41) is 5.79. The number of nitrogens with one attached hydrogen (secondary N) is 2. The molecule has 2 N–H and O–H groups in total. The van der Waals surface area contributed by atoms with Crippen molar-refractivity contribution in [1.82, 2.24) is 9.97 Å². The van der Waals surface area contributed by atoms with Gasteiger partial charge in [0.25, 0.3) is 5.91 Å². The van der Waals surface area contributed by atoms with Crippen LogP contribution >= 0.6 is 0 Å². The molecule has 3 rings (SSSR count). The van der Waals surface area contributed by atoms with E-state index in [0.717, 1.165) is 11.3 Å². The van der Waals surface area contributed by atoms with Crippen LogP contribution in [-0.2, 0) is 4.74 Å². The molecule has 0 saturated heterocycles. The van der Waals surface area contributed by atoms with Crippen LogP contribution in [0.5, 0.6) is 0 Å². The Morgan fingerprint density at radius 3 is 2.56 bits per heavy atom. The molecule has 0 fully saturated rings. The molecule has 0 bridgehead atoms. The van der Waals surface area contributed by atoms with Crippen LogP contribution in [0.1, 0.15) is 26.4 Å². The number of aryl methyl sites for hydroxylation is 1. The Labute approximate surface area is 156 Å². The topological polar surface area (TPSA) is 93.2 Å². The summed E-state index contributed by atoms with van der Waals surface area (Å²) < 4.78 is 4.68. The number of hydrogen-bond donors (Lipinski definition) is 2. The van der Waals surface area contributed by atoms with E-state index >= 15 is 0 Å². The molecular weight excluding hydrogens is 344 g/mol. The first-order chi connectivity index (χ1) is 13.0. The van der Waals surface area contributed by atoms with Crippen molar-refractivity contribution in [1.29, 1.82) is 0 Å². The summed E-state index contributed by atoms with van der Waals surface area (Å²) in [6.45, 7) is 1.98. The third-order valence-corrected chi connectivity index (χ3v) is 3.70. The lowest BCUT2D eigenvalue weighted by atomic mass is 10.2. The van der Waals surface area contributed by atoms with E-state index in [2.05, 4.69) is 25.3 Å². The monoisotopic (exact) mass is 362 g/mol. The molecule has 0 aliphatic rings. The molecule has 1 heterocycles. The Morgan fingerprint density at radius 1 is 1.00 bits per heavy atom. The highest BCUT2D eigenvalue weighted by Crippen LogP contribution is 2.16. The smallest absolute Gasteiger partial charge is 0.337 e. The van der Waals surface area contributed by atoms with Crippen molar-refractivity contribution in [3.63, 3.8) is 0 Å². The second kappa shape index (κ2) is 8.09. The van der Waals surface area contributed by atoms with E-state index in [1.165, 1.54) is 25.4 Å². The number of carbonyl (C=O) groups is 2. The lowest BCUT2D eigenvalue weighted by Gasteiger charge is -2.08. The zero-order chi connectivity index (χ0) is 19.2. The third kappa shape index (κ3) is 4.66. The summed E-state index contributed by atoms with van der Waals surface area (Å²) in [6, 6.07) is 15.7. The van der Waals surface area contributed by atoms with Crippen molar-refractivity contribution < 1.29 is 14.3 Å². The summed E-state index contributed by atoms with van der Waals surface area (Å²) in [5.74, 6) is -0.568. The lowest BCUT2D eigenvalue weighted by molar-refractivity contribution is 0.0600. The van der Waals surface area contributed by atoms with E-state index in [1.54, 1.807) is 18.2 Å². The number of rotatable bonds is 5. The zero-order valence-electron chi connectivity index (χ0n) is 14.9. The summed E-state index contributed by atoms with van der Waals surface area (Å²) in [7, 11) is 1.30. The number of methoxy groups -OCH3 is 1. The van der Waals surface area contributed by atoms with Gasteiger partial charge in [-0.15, -0.1) is 0 Å². The van der Waals surface area contributed by atoms with Gasteiger partial charge in [-0.1, -0.05) is 18.2 Å². The largest absolute Gasteiger partial charge is 0.465 e. The van der Waals surface area contributed by atoms with Gasteiger partial charge in [0.05, 0.1) is 12.7 Å². The molecule has 0 saturated carbocycles. The number of aromatic nitrogens is 2. The second-order valence-corrected chi connectivity index (χ2v) is 5.79. The highest BCUT2D eigenvalue weighted by Gasteiger charge is 2.11. The molecule has 7 nitrogen and oxygen atoms in total. The average Bonchev–Trinajstić information content (AvgIpc) is 2.68. The highest BCUT2D eigenvalue weighted by atomic mass is 16.5. The van der Waals surface area contributed by atoms with Gasteiger partial charge < -0.3 is 15.4 Å². The number of anilines is 3. The SMILES string of the molecule is COC(=O)c1cccc(NC(=O)c2ccnc(Nc3cccc(C)c3)n2)c1. The standard InChI is InChI=1S/C20H18N4O3/c1-13-5-3-7-15(11-13)23-20-21-10-9-17(24-20)18(25)22-16-8-4-6-14(12-16)19(26)27-2/h3-12H,1-2H3,(H,22,25)(H,21,23,24). The Hall–Kier alpha value is -3.74. The van der Waals surface area contributed by atoms with Crippen molar-refractivity contribution in [3.8, 4) is 0 Å². The zero-order valence-corrected chi connectivity index (χ0v) is 14.9. The number of benzene rings is 2. The molecule has 0 atom stereocenters. The van der Waals surface area contributed by atoms with Gasteiger partial charge in [-0.2, -0.15) is 0 Å². The first kappa shape index (κ1) is 18.1. The molecule has 27 heavy (non-hydrogen) atoms. The van der Waals surface area contributed by atoms with Crippen LogP contribution in [0, 0.1) is 6.92 Å². The summed E-state index contributed by atoms with van der Waals surface area (Å²) in [5.41, 5.74) is 2.94. The van der Waals surface area contributed by atoms with E-state index in [9.17, 15) is 9.59 Å². The minimum Gasteiger partial charge on any atom is -0.465 e. The minimum absolute atomic E-state index is 0.198. The number of esters is 1. The number of hydrogen-bond acceptors (Lipinski definition) is 6. The maximum absolute atomic E-state index is 12.5. The molecule has 7 heteroatoms. The molecule has 136 valence electrons. The van der Waals surface area contributed by atoms with Gasteiger partial charge in [0.1, 0.15) is 5.69 Å². The van der Waals surface area contributed by atoms with Gasteiger partial charge in [-0.25, -0.2) is 14.8 Å². The van der Waals surface area contributed by atoms with Gasteiger partial charge in [0, 0.05) is 17.6 Å². The number of nitrogens with zero attached hydrogens (tertiary/aromatic N) is 2. The lowest BCUT2D eigenvalue weighted by Crippen LogP contribution is -2.15. The Kier molecular flexibility index (Phi) is 5.41. The number of amides is 1. The quantitative estimate of drug-likeness (QED) is 0.674. The summed E-state index contributed by atoms with van der Waals surface area (Å²) in [6.07, 6.45) is 1.50. The van der Waals surface area contributed by atoms with Gasteiger partial charge in [-0.3, -0.25) is 4.79 Å². The molecule has 0 aliphatic heterocycles. The van der Waals surface area contributed by atoms with Gasteiger partial charge in [-0.05, 0) is 48.9 Å². The van der Waals surface area contributed by atoms with Crippen molar-refractivity contribution in [2.45, 2.75) is 6.92 Å². The predicted octanol–water partition coefficient (Wildman–Crippen LogP) is 3.57. The Bertz CT molecular complexity index is 988. The van der Waals surface area contributed by atoms with Crippen LogP contribution in [-0.4, -0.2) is 29.0 Å². The molecule has 0 spiro atoms. The maximum atomic E-state index is 12.5. The van der Waals surface area contributed by atoms with Crippen LogP contribution in [0.25, 0.3) is 0 Å². The van der Waals surface area contributed by atoms with Crippen LogP contribution in [0.15, 0.2) is 60.8 Å². The fourth-order valence-electron chi connectivity index (χ4n) is 2.43. The van der Waals surface area contributed by atoms with Crippen LogP contribution in [0.2, 0.25) is 0 Å². The molecule has 0 aliphatic carbocycles. The van der Waals surface area contributed by atoms with E-state index < -0.39 is 11.9 Å². The normalized spacial score (nSPS) is 10.1. The van der Waals surface area contributed by atoms with E-state index in [1.807, 2.05) is 31.2 Å². The molecular formula is C20H18N4O3. The average molecular weight is 362 g/mol. The van der Waals surface area contributed by atoms with E-state index in [0.29, 0.717) is 17.2 Å². The van der Waals surface area contributed by atoms with Crippen molar-refractivity contribution in [3.05, 3.63) is 77.6 Å². The van der Waals surface area contributed by atoms with E-state index in [4.69, 9.17) is 0 Å². The van der Waals surface area contributed by atoms with Crippen molar-refractivity contribution in [2.24, 2.45) is 0 Å². The van der Waals surface area contributed by atoms with Crippen LogP contribution in [0.4, 0.5) is 17.3 Å². The first-order valence-electron chi connectivity index (χ1n) is 8.21. The van der Waals surface area contributed by atoms with Crippen LogP contribution < -0.4 is 10.6 Å². The molecule has 1 amide bonds. The third-order valence-electron chi connectivity index (χ3n) is 3.70. The predicted molar refractivity (Wildman–Crippen MR) is 102 cm³/mol. The van der Waals surface area contributed by atoms with Gasteiger partial charge >= 0.3 is 5.97 Å². The first-order valence-corrected chi connectivity index (χ1v) is 8.21. The second-order valence-electron chi connectivity index (χ2n) is 5.79. The number of carbonyl (C=O) groups excluding carboxylic acids is 2. The van der Waals surface area contributed by atoms with Gasteiger partial charge in [0.2, 0.25) is 5.95 Å². The summed E-state index contributed by atoms with van der Waals surface area (Å²) in [4.78, 5) is 32.5. The van der Waals surface area contributed by atoms with Gasteiger partial charge in [0.15, 0.2) is 0 Å². The molecule has 1 aromatic heterocycles.